The second-order valence-corrected chi connectivity index (χ2v) is 8.74. The Bertz CT molecular complexity index is 984. The molecule has 2 aromatic rings. The van der Waals surface area contributed by atoms with Crippen LogP contribution in [0.5, 0.6) is 0 Å². The van der Waals surface area contributed by atoms with E-state index in [0.717, 1.165) is 0 Å². The number of carbonyl (C=O) groups is 1. The van der Waals surface area contributed by atoms with Gasteiger partial charge < -0.3 is 10.1 Å². The summed E-state index contributed by atoms with van der Waals surface area (Å²) < 4.78 is 47.6. The van der Waals surface area contributed by atoms with Crippen molar-refractivity contribution < 1.29 is 22.3 Å². The number of ether oxygens (including phenoxy) is 1. The third kappa shape index (κ3) is 4.82. The van der Waals surface area contributed by atoms with Crippen LogP contribution in [0.25, 0.3) is 0 Å². The molecule has 1 aromatic heterocycles. The molecule has 1 amide bonds. The lowest BCUT2D eigenvalue weighted by atomic mass is 10.1. The van der Waals surface area contributed by atoms with Crippen molar-refractivity contribution in [2.24, 2.45) is 0 Å². The van der Waals surface area contributed by atoms with Gasteiger partial charge in [-0.1, -0.05) is 18.2 Å². The summed E-state index contributed by atoms with van der Waals surface area (Å²) in [7, 11) is -3.70. The van der Waals surface area contributed by atoms with Gasteiger partial charge in [0.1, 0.15) is 17.3 Å². The minimum Gasteiger partial charge on any atom is -0.379 e. The predicted molar refractivity (Wildman–Crippen MR) is 104 cm³/mol. The topological polar surface area (TPSA) is 93.5 Å². The normalized spacial score (nSPS) is 15.4. The van der Waals surface area contributed by atoms with Gasteiger partial charge in [0, 0.05) is 19.6 Å². The highest BCUT2D eigenvalue weighted by atomic mass is 32.2. The number of aryl methyl sites for hydroxylation is 1. The number of halogens is 1. The number of sulfonamides is 1. The van der Waals surface area contributed by atoms with Crippen molar-refractivity contribution in [3.63, 3.8) is 0 Å². The van der Waals surface area contributed by atoms with Gasteiger partial charge >= 0.3 is 0 Å². The number of benzene rings is 1. The largest absolute Gasteiger partial charge is 0.379 e. The molecule has 2 heterocycles. The highest BCUT2D eigenvalue weighted by molar-refractivity contribution is 7.89. The van der Waals surface area contributed by atoms with Crippen molar-refractivity contribution in [2.45, 2.75) is 31.7 Å². The lowest BCUT2D eigenvalue weighted by Crippen LogP contribution is -2.41. The molecule has 0 radical (unpaired) electrons. The molecule has 0 aliphatic carbocycles. The van der Waals surface area contributed by atoms with E-state index in [9.17, 15) is 17.6 Å². The fourth-order valence-corrected chi connectivity index (χ4v) is 5.13. The fraction of sp³-hybridized carbons (Fsp3) is 0.474. The molecule has 1 fully saturated rings. The summed E-state index contributed by atoms with van der Waals surface area (Å²) in [5, 5.41) is 6.97. The van der Waals surface area contributed by atoms with Gasteiger partial charge in [0.05, 0.1) is 24.6 Å². The molecular formula is C19H25FN4O4S. The number of hydrogen-bond donors (Lipinski definition) is 1. The first-order chi connectivity index (χ1) is 13.8. The average molecular weight is 424 g/mol. The van der Waals surface area contributed by atoms with E-state index in [1.807, 2.05) is 0 Å². The highest BCUT2D eigenvalue weighted by Gasteiger charge is 2.32. The first kappa shape index (κ1) is 21.4. The van der Waals surface area contributed by atoms with E-state index in [-0.39, 0.29) is 29.7 Å². The number of hydrogen-bond acceptors (Lipinski definition) is 5. The Morgan fingerprint density at radius 3 is 2.62 bits per heavy atom. The zero-order chi connectivity index (χ0) is 21.0. The first-order valence-electron chi connectivity index (χ1n) is 9.42. The molecule has 1 aromatic carbocycles. The summed E-state index contributed by atoms with van der Waals surface area (Å²) in [5.41, 5.74) is 1.30. The minimum absolute atomic E-state index is 0.109. The van der Waals surface area contributed by atoms with Crippen molar-refractivity contribution in [3.05, 3.63) is 47.0 Å². The van der Waals surface area contributed by atoms with Crippen molar-refractivity contribution in [3.8, 4) is 0 Å². The summed E-state index contributed by atoms with van der Waals surface area (Å²) in [6.07, 6.45) is 0.367. The Morgan fingerprint density at radius 2 is 1.93 bits per heavy atom. The van der Waals surface area contributed by atoms with Crippen LogP contribution < -0.4 is 5.32 Å². The first-order valence-corrected chi connectivity index (χ1v) is 10.9. The van der Waals surface area contributed by atoms with Gasteiger partial charge in [-0.2, -0.15) is 9.40 Å². The van der Waals surface area contributed by atoms with Gasteiger partial charge in [0.2, 0.25) is 15.9 Å². The average Bonchev–Trinajstić information content (AvgIpc) is 2.97. The lowest BCUT2D eigenvalue weighted by Gasteiger charge is -2.26. The van der Waals surface area contributed by atoms with Crippen LogP contribution in [0.15, 0.2) is 29.2 Å². The summed E-state index contributed by atoms with van der Waals surface area (Å²) in [6.45, 7) is 4.73. The molecule has 1 N–H and O–H groups in total. The SMILES string of the molecule is Cc1nn(CC(=O)NCCc2ccccc2F)c(C)c1S(=O)(=O)N1CCOCC1. The maximum atomic E-state index is 13.6. The molecule has 0 spiro atoms. The van der Waals surface area contributed by atoms with Crippen LogP contribution in [0.3, 0.4) is 0 Å². The molecular weight excluding hydrogens is 399 g/mol. The highest BCUT2D eigenvalue weighted by Crippen LogP contribution is 2.24. The molecule has 0 unspecified atom stereocenters. The number of aromatic nitrogens is 2. The van der Waals surface area contributed by atoms with Crippen molar-refractivity contribution >= 4 is 15.9 Å². The van der Waals surface area contributed by atoms with Crippen LogP contribution in [0.2, 0.25) is 0 Å². The van der Waals surface area contributed by atoms with Crippen molar-refractivity contribution in [1.29, 1.82) is 0 Å². The van der Waals surface area contributed by atoms with E-state index < -0.39 is 10.0 Å². The van der Waals surface area contributed by atoms with Gasteiger partial charge in [-0.05, 0) is 31.9 Å². The summed E-state index contributed by atoms with van der Waals surface area (Å²) >= 11 is 0. The molecule has 0 bridgehead atoms. The van der Waals surface area contributed by atoms with Gasteiger partial charge in [-0.15, -0.1) is 0 Å². The molecule has 10 heteroatoms. The summed E-state index contributed by atoms with van der Waals surface area (Å²) in [5.74, 6) is -0.625. The zero-order valence-electron chi connectivity index (χ0n) is 16.5. The lowest BCUT2D eigenvalue weighted by molar-refractivity contribution is -0.121. The van der Waals surface area contributed by atoms with E-state index in [2.05, 4.69) is 10.4 Å². The number of carbonyl (C=O) groups excluding carboxylic acids is 1. The van der Waals surface area contributed by atoms with Crippen LogP contribution in [0.1, 0.15) is 17.0 Å². The van der Waals surface area contributed by atoms with E-state index in [0.29, 0.717) is 49.7 Å². The Balaban J connectivity index is 1.65. The molecule has 8 nitrogen and oxygen atoms in total. The van der Waals surface area contributed by atoms with Crippen molar-refractivity contribution in [2.75, 3.05) is 32.8 Å². The third-order valence-electron chi connectivity index (χ3n) is 4.85. The van der Waals surface area contributed by atoms with E-state index in [1.54, 1.807) is 32.0 Å². The standard InChI is InChI=1S/C19H25FN4O4S/c1-14-19(29(26,27)23-9-11-28-12-10-23)15(2)24(22-14)13-18(25)21-8-7-16-5-3-4-6-17(16)20/h3-6H,7-13H2,1-2H3,(H,21,25). The van der Waals surface area contributed by atoms with E-state index in [1.165, 1.54) is 15.1 Å². The smallest absolute Gasteiger partial charge is 0.246 e. The molecule has 1 aliphatic rings. The Hall–Kier alpha value is -2.30. The molecule has 0 atom stereocenters. The van der Waals surface area contributed by atoms with Gasteiger partial charge in [-0.25, -0.2) is 12.8 Å². The minimum atomic E-state index is -3.70. The number of nitrogens with zero attached hydrogens (tertiary/aromatic N) is 3. The van der Waals surface area contributed by atoms with E-state index >= 15 is 0 Å². The summed E-state index contributed by atoms with van der Waals surface area (Å²) in [6, 6.07) is 6.41. The molecule has 3 rings (SSSR count). The van der Waals surface area contributed by atoms with Crippen LogP contribution in [-0.2, 0) is 32.5 Å². The maximum Gasteiger partial charge on any atom is 0.246 e. The Morgan fingerprint density at radius 1 is 1.24 bits per heavy atom. The van der Waals surface area contributed by atoms with Crippen LogP contribution in [0.4, 0.5) is 4.39 Å². The molecule has 1 aliphatic heterocycles. The van der Waals surface area contributed by atoms with Crippen molar-refractivity contribution in [1.82, 2.24) is 19.4 Å². The number of morpholine rings is 1. The van der Waals surface area contributed by atoms with E-state index in [4.69, 9.17) is 4.74 Å². The maximum absolute atomic E-state index is 13.6. The number of rotatable bonds is 7. The quantitative estimate of drug-likeness (QED) is 0.716. The van der Waals surface area contributed by atoms with Gasteiger partial charge in [0.15, 0.2) is 0 Å². The Labute approximate surface area is 169 Å². The van der Waals surface area contributed by atoms with Crippen LogP contribution >= 0.6 is 0 Å². The second-order valence-electron chi connectivity index (χ2n) is 6.87. The zero-order valence-corrected chi connectivity index (χ0v) is 17.3. The van der Waals surface area contributed by atoms with Gasteiger partial charge in [-0.3, -0.25) is 9.48 Å². The summed E-state index contributed by atoms with van der Waals surface area (Å²) in [4.78, 5) is 12.4. The Kier molecular flexibility index (Phi) is 6.66. The molecule has 158 valence electrons. The fourth-order valence-electron chi connectivity index (χ4n) is 3.35. The molecule has 0 saturated carbocycles. The number of amides is 1. The number of nitrogens with one attached hydrogen (secondary N) is 1. The van der Waals surface area contributed by atoms with Gasteiger partial charge in [0.25, 0.3) is 0 Å². The monoisotopic (exact) mass is 424 g/mol. The van der Waals surface area contributed by atoms with Crippen LogP contribution in [-0.4, -0.2) is 61.3 Å². The third-order valence-corrected chi connectivity index (χ3v) is 7.00. The second kappa shape index (κ2) is 9.02. The van der Waals surface area contributed by atoms with Crippen LogP contribution in [0, 0.1) is 19.7 Å². The predicted octanol–water partition coefficient (Wildman–Crippen LogP) is 1.02. The molecule has 29 heavy (non-hydrogen) atoms. The molecule has 1 saturated heterocycles.